The average molecular weight is 226 g/mol. The number of benzene rings is 1. The molecule has 0 spiro atoms. The van der Waals surface area contributed by atoms with Gasteiger partial charge in [0, 0.05) is 16.9 Å². The van der Waals surface area contributed by atoms with Gasteiger partial charge < -0.3 is 0 Å². The summed E-state index contributed by atoms with van der Waals surface area (Å²) in [7, 11) is 0. The molecule has 0 unspecified atom stereocenters. The summed E-state index contributed by atoms with van der Waals surface area (Å²) in [5.41, 5.74) is 3.41. The summed E-state index contributed by atoms with van der Waals surface area (Å²) in [5.74, 6) is 0.196. The second-order valence-corrected chi connectivity index (χ2v) is 4.78. The molecule has 0 radical (unpaired) electrons. The molecule has 0 atom stereocenters. The van der Waals surface area contributed by atoms with E-state index in [9.17, 15) is 4.79 Å². The fourth-order valence-electron chi connectivity index (χ4n) is 2.05. The standard InChI is InChI=1S/C14H10OS/c15-11-8-10-4-1-2-5-12(10)13(9-11)14-6-3-7-16-14/h1-7,9H,8H2. The average Bonchev–Trinajstić information content (AvgIpc) is 2.81. The van der Waals surface area contributed by atoms with Crippen molar-refractivity contribution in [1.82, 2.24) is 0 Å². The molecule has 0 N–H and O–H groups in total. The van der Waals surface area contributed by atoms with Crippen LogP contribution in [0, 0.1) is 0 Å². The molecule has 1 heterocycles. The lowest BCUT2D eigenvalue weighted by atomic mass is 9.89. The van der Waals surface area contributed by atoms with Crippen molar-refractivity contribution in [3.05, 3.63) is 63.9 Å². The number of fused-ring (bicyclic) bond motifs is 1. The van der Waals surface area contributed by atoms with Gasteiger partial charge in [0.25, 0.3) is 0 Å². The predicted octanol–water partition coefficient (Wildman–Crippen LogP) is 3.31. The van der Waals surface area contributed by atoms with Crippen molar-refractivity contribution in [1.29, 1.82) is 0 Å². The zero-order valence-corrected chi connectivity index (χ0v) is 9.46. The van der Waals surface area contributed by atoms with E-state index in [0.29, 0.717) is 6.42 Å². The lowest BCUT2D eigenvalue weighted by Crippen LogP contribution is -2.08. The highest BCUT2D eigenvalue weighted by atomic mass is 32.1. The first-order valence-corrected chi connectivity index (χ1v) is 6.09. The molecule has 1 aromatic heterocycles. The van der Waals surface area contributed by atoms with E-state index in [1.165, 1.54) is 10.4 Å². The van der Waals surface area contributed by atoms with Crippen molar-refractivity contribution in [2.75, 3.05) is 0 Å². The van der Waals surface area contributed by atoms with E-state index in [-0.39, 0.29) is 5.78 Å². The van der Waals surface area contributed by atoms with Gasteiger partial charge in [-0.3, -0.25) is 4.79 Å². The molecule has 0 fully saturated rings. The molecule has 1 nitrogen and oxygen atoms in total. The highest BCUT2D eigenvalue weighted by molar-refractivity contribution is 7.11. The van der Waals surface area contributed by atoms with Crippen LogP contribution in [0.15, 0.2) is 47.9 Å². The van der Waals surface area contributed by atoms with E-state index in [2.05, 4.69) is 12.1 Å². The Labute approximate surface area is 98.1 Å². The fraction of sp³-hybridized carbons (Fsp3) is 0.0714. The number of thiophene rings is 1. The van der Waals surface area contributed by atoms with Crippen LogP contribution >= 0.6 is 11.3 Å². The Morgan fingerprint density at radius 2 is 1.94 bits per heavy atom. The molecule has 0 saturated carbocycles. The van der Waals surface area contributed by atoms with Crippen LogP contribution in [0.5, 0.6) is 0 Å². The molecule has 1 aromatic carbocycles. The number of hydrogen-bond acceptors (Lipinski definition) is 2. The summed E-state index contributed by atoms with van der Waals surface area (Å²) >= 11 is 1.67. The Bertz CT molecular complexity index is 564. The summed E-state index contributed by atoms with van der Waals surface area (Å²) < 4.78 is 0. The Morgan fingerprint density at radius 1 is 1.06 bits per heavy atom. The normalized spacial score (nSPS) is 14.5. The van der Waals surface area contributed by atoms with Gasteiger partial charge in [0.1, 0.15) is 0 Å². The SMILES string of the molecule is O=C1C=C(c2cccs2)c2ccccc2C1. The zero-order valence-electron chi connectivity index (χ0n) is 8.64. The largest absolute Gasteiger partial charge is 0.294 e. The Kier molecular flexibility index (Phi) is 2.22. The molecular weight excluding hydrogens is 216 g/mol. The van der Waals surface area contributed by atoms with Crippen LogP contribution < -0.4 is 0 Å². The predicted molar refractivity (Wildman–Crippen MR) is 66.6 cm³/mol. The number of rotatable bonds is 1. The van der Waals surface area contributed by atoms with Gasteiger partial charge in [0.05, 0.1) is 0 Å². The van der Waals surface area contributed by atoms with Crippen LogP contribution in [0.4, 0.5) is 0 Å². The van der Waals surface area contributed by atoms with Gasteiger partial charge in [-0.1, -0.05) is 30.3 Å². The number of hydrogen-bond donors (Lipinski definition) is 0. The van der Waals surface area contributed by atoms with Crippen LogP contribution in [-0.2, 0) is 11.2 Å². The summed E-state index contributed by atoms with van der Waals surface area (Å²) in [6, 6.07) is 12.2. The van der Waals surface area contributed by atoms with Gasteiger partial charge in [-0.15, -0.1) is 11.3 Å². The maximum absolute atomic E-state index is 11.7. The Morgan fingerprint density at radius 3 is 2.75 bits per heavy atom. The molecule has 2 heteroatoms. The minimum atomic E-state index is 0.196. The number of carbonyl (C=O) groups is 1. The first-order valence-electron chi connectivity index (χ1n) is 5.21. The Hall–Kier alpha value is -1.67. The molecule has 1 aliphatic carbocycles. The van der Waals surface area contributed by atoms with Crippen molar-refractivity contribution in [3.8, 4) is 0 Å². The quantitative estimate of drug-likeness (QED) is 0.729. The summed E-state index contributed by atoms with van der Waals surface area (Å²) in [6.07, 6.45) is 2.30. The monoisotopic (exact) mass is 226 g/mol. The van der Waals surface area contributed by atoms with E-state index in [1.54, 1.807) is 17.4 Å². The van der Waals surface area contributed by atoms with Gasteiger partial charge in [-0.05, 0) is 28.6 Å². The second kappa shape index (κ2) is 3.72. The van der Waals surface area contributed by atoms with Crippen LogP contribution in [0.1, 0.15) is 16.0 Å². The third-order valence-corrected chi connectivity index (χ3v) is 3.67. The molecular formula is C14H10OS. The molecule has 3 rings (SSSR count). The van der Waals surface area contributed by atoms with Crippen molar-refractivity contribution in [2.24, 2.45) is 0 Å². The van der Waals surface area contributed by atoms with Crippen molar-refractivity contribution >= 4 is 22.7 Å². The molecule has 1 aliphatic rings. The van der Waals surface area contributed by atoms with E-state index in [4.69, 9.17) is 0 Å². The number of ketones is 1. The van der Waals surface area contributed by atoms with Gasteiger partial charge >= 0.3 is 0 Å². The number of carbonyl (C=O) groups excluding carboxylic acids is 1. The molecule has 78 valence electrons. The van der Waals surface area contributed by atoms with E-state index >= 15 is 0 Å². The second-order valence-electron chi connectivity index (χ2n) is 3.84. The van der Waals surface area contributed by atoms with Crippen LogP contribution in [-0.4, -0.2) is 5.78 Å². The van der Waals surface area contributed by atoms with Crippen LogP contribution in [0.25, 0.3) is 5.57 Å². The van der Waals surface area contributed by atoms with Crippen molar-refractivity contribution in [2.45, 2.75) is 6.42 Å². The van der Waals surface area contributed by atoms with Gasteiger partial charge in [-0.25, -0.2) is 0 Å². The highest BCUT2D eigenvalue weighted by Crippen LogP contribution is 2.32. The molecule has 0 bridgehead atoms. The van der Waals surface area contributed by atoms with E-state index < -0.39 is 0 Å². The first-order chi connectivity index (χ1) is 7.84. The van der Waals surface area contributed by atoms with Crippen molar-refractivity contribution in [3.63, 3.8) is 0 Å². The maximum Gasteiger partial charge on any atom is 0.160 e. The Balaban J connectivity index is 2.20. The van der Waals surface area contributed by atoms with E-state index in [0.717, 1.165) is 11.1 Å². The molecule has 16 heavy (non-hydrogen) atoms. The molecule has 0 amide bonds. The number of allylic oxidation sites excluding steroid dienone is 1. The lowest BCUT2D eigenvalue weighted by molar-refractivity contribution is -0.114. The van der Waals surface area contributed by atoms with Gasteiger partial charge in [0.2, 0.25) is 0 Å². The van der Waals surface area contributed by atoms with Crippen molar-refractivity contribution < 1.29 is 4.79 Å². The summed E-state index contributed by atoms with van der Waals surface area (Å²) in [4.78, 5) is 12.8. The topological polar surface area (TPSA) is 17.1 Å². The lowest BCUT2D eigenvalue weighted by Gasteiger charge is -2.15. The van der Waals surface area contributed by atoms with Crippen LogP contribution in [0.3, 0.4) is 0 Å². The van der Waals surface area contributed by atoms with E-state index in [1.807, 2.05) is 29.6 Å². The molecule has 2 aromatic rings. The first kappa shape index (κ1) is 9.55. The fourth-order valence-corrected chi connectivity index (χ4v) is 2.81. The minimum Gasteiger partial charge on any atom is -0.294 e. The minimum absolute atomic E-state index is 0.196. The third kappa shape index (κ3) is 1.51. The molecule has 0 saturated heterocycles. The van der Waals surface area contributed by atoms with Gasteiger partial charge in [0.15, 0.2) is 5.78 Å². The zero-order chi connectivity index (χ0) is 11.0. The van der Waals surface area contributed by atoms with Crippen LogP contribution in [0.2, 0.25) is 0 Å². The summed E-state index contributed by atoms with van der Waals surface area (Å²) in [5, 5.41) is 2.04. The third-order valence-electron chi connectivity index (χ3n) is 2.76. The smallest absolute Gasteiger partial charge is 0.160 e. The highest BCUT2D eigenvalue weighted by Gasteiger charge is 2.18. The molecule has 0 aliphatic heterocycles. The van der Waals surface area contributed by atoms with Gasteiger partial charge in [-0.2, -0.15) is 0 Å². The maximum atomic E-state index is 11.7. The summed E-state index contributed by atoms with van der Waals surface area (Å²) in [6.45, 7) is 0.